The minimum Gasteiger partial charge on any atom is -0.358 e. The van der Waals surface area contributed by atoms with Gasteiger partial charge in [-0.05, 0) is 11.0 Å². The Morgan fingerprint density at radius 3 is 2.92 bits per heavy atom. The monoisotopic (exact) mass is 167 g/mol. The molecule has 1 rings (SSSR count). The van der Waals surface area contributed by atoms with Gasteiger partial charge < -0.3 is 10.1 Å². The minimum atomic E-state index is -0.660. The summed E-state index contributed by atoms with van der Waals surface area (Å²) in [4.78, 5) is 20.3. The van der Waals surface area contributed by atoms with E-state index < -0.39 is 10.7 Å². The summed E-state index contributed by atoms with van der Waals surface area (Å²) in [6.07, 6.45) is 1.04. The lowest BCUT2D eigenvalue weighted by molar-refractivity contribution is -0.389. The third kappa shape index (κ3) is 1.36. The van der Waals surface area contributed by atoms with Crippen molar-refractivity contribution in [2.75, 3.05) is 0 Å². The second kappa shape index (κ2) is 2.95. The molecule has 12 heavy (non-hydrogen) atoms. The van der Waals surface area contributed by atoms with E-state index in [2.05, 4.69) is 16.8 Å². The number of allylic oxidation sites excluding steroid dienone is 1. The average molecular weight is 167 g/mol. The SMILES string of the molecule is C=CC(=O)c1cc([N+](=O)[O-])[nH]n1. The van der Waals surface area contributed by atoms with Gasteiger partial charge in [0.05, 0.1) is 6.07 Å². The molecule has 0 radical (unpaired) electrons. The molecule has 0 aromatic carbocycles. The molecule has 6 heteroatoms. The molecule has 62 valence electrons. The molecule has 0 unspecified atom stereocenters. The van der Waals surface area contributed by atoms with Crippen LogP contribution in [0.5, 0.6) is 0 Å². The van der Waals surface area contributed by atoms with Crippen molar-refractivity contribution in [3.63, 3.8) is 0 Å². The summed E-state index contributed by atoms with van der Waals surface area (Å²) in [5, 5.41) is 15.6. The van der Waals surface area contributed by atoms with E-state index in [1.165, 1.54) is 0 Å². The van der Waals surface area contributed by atoms with Crippen LogP contribution in [0.3, 0.4) is 0 Å². The minimum absolute atomic E-state index is 0.00306. The number of carbonyl (C=O) groups excluding carboxylic acids is 1. The van der Waals surface area contributed by atoms with Crippen molar-refractivity contribution in [1.82, 2.24) is 10.2 Å². The van der Waals surface area contributed by atoms with Crippen molar-refractivity contribution in [3.05, 3.63) is 34.5 Å². The molecule has 0 aliphatic heterocycles. The smallest absolute Gasteiger partial charge is 0.343 e. The number of rotatable bonds is 3. The van der Waals surface area contributed by atoms with Gasteiger partial charge in [-0.1, -0.05) is 11.7 Å². The highest BCUT2D eigenvalue weighted by Crippen LogP contribution is 2.08. The molecule has 1 heterocycles. The number of hydrogen-bond acceptors (Lipinski definition) is 4. The molecule has 0 fully saturated rings. The van der Waals surface area contributed by atoms with Crippen LogP contribution < -0.4 is 0 Å². The first-order chi connectivity index (χ1) is 5.65. The van der Waals surface area contributed by atoms with E-state index in [9.17, 15) is 14.9 Å². The first-order valence-corrected chi connectivity index (χ1v) is 3.01. The molecule has 0 aliphatic carbocycles. The van der Waals surface area contributed by atoms with Crippen LogP contribution in [-0.2, 0) is 0 Å². The molecule has 0 bridgehead atoms. The van der Waals surface area contributed by atoms with Gasteiger partial charge in [-0.2, -0.15) is 0 Å². The van der Waals surface area contributed by atoms with Crippen LogP contribution in [-0.4, -0.2) is 20.9 Å². The predicted molar refractivity (Wildman–Crippen MR) is 39.8 cm³/mol. The van der Waals surface area contributed by atoms with Gasteiger partial charge >= 0.3 is 5.82 Å². The Hall–Kier alpha value is -1.98. The Kier molecular flexibility index (Phi) is 2.00. The van der Waals surface area contributed by atoms with Gasteiger partial charge in [-0.15, -0.1) is 5.10 Å². The zero-order chi connectivity index (χ0) is 9.14. The van der Waals surface area contributed by atoms with Gasteiger partial charge in [0.25, 0.3) is 0 Å². The van der Waals surface area contributed by atoms with Crippen LogP contribution in [0.2, 0.25) is 0 Å². The third-order valence-corrected chi connectivity index (χ3v) is 1.20. The lowest BCUT2D eigenvalue weighted by Gasteiger charge is -1.83. The molecule has 0 saturated carbocycles. The van der Waals surface area contributed by atoms with Gasteiger partial charge in [0.15, 0.2) is 5.69 Å². The normalized spacial score (nSPS) is 9.33. The highest BCUT2D eigenvalue weighted by molar-refractivity contribution is 6.02. The Morgan fingerprint density at radius 2 is 2.50 bits per heavy atom. The summed E-state index contributed by atoms with van der Waals surface area (Å²) in [6, 6.07) is 1.06. The van der Waals surface area contributed by atoms with E-state index in [1.54, 1.807) is 0 Å². The van der Waals surface area contributed by atoms with Gasteiger partial charge in [0.1, 0.15) is 0 Å². The Balaban J connectivity index is 2.99. The maximum atomic E-state index is 10.8. The number of nitrogens with zero attached hydrogens (tertiary/aromatic N) is 2. The number of aromatic nitrogens is 2. The van der Waals surface area contributed by atoms with E-state index in [0.717, 1.165) is 12.1 Å². The van der Waals surface area contributed by atoms with Gasteiger partial charge in [-0.25, -0.2) is 0 Å². The van der Waals surface area contributed by atoms with Crippen LogP contribution >= 0.6 is 0 Å². The topological polar surface area (TPSA) is 88.9 Å². The van der Waals surface area contributed by atoms with Crippen LogP contribution in [0.15, 0.2) is 18.7 Å². The number of carbonyl (C=O) groups is 1. The maximum absolute atomic E-state index is 10.8. The molecule has 0 aliphatic rings. The van der Waals surface area contributed by atoms with Gasteiger partial charge in [0.2, 0.25) is 5.78 Å². The number of H-pyrrole nitrogens is 1. The fourth-order valence-electron chi connectivity index (χ4n) is 0.636. The van der Waals surface area contributed by atoms with Gasteiger partial charge in [-0.3, -0.25) is 4.79 Å². The molecule has 1 aromatic heterocycles. The van der Waals surface area contributed by atoms with E-state index in [0.29, 0.717) is 0 Å². The van der Waals surface area contributed by atoms with E-state index in [-0.39, 0.29) is 11.5 Å². The van der Waals surface area contributed by atoms with Crippen molar-refractivity contribution in [2.45, 2.75) is 0 Å². The van der Waals surface area contributed by atoms with E-state index in [4.69, 9.17) is 0 Å². The zero-order valence-corrected chi connectivity index (χ0v) is 5.98. The lowest BCUT2D eigenvalue weighted by Crippen LogP contribution is -1.92. The maximum Gasteiger partial charge on any atom is 0.343 e. The molecule has 0 saturated heterocycles. The molecular formula is C6H5N3O3. The third-order valence-electron chi connectivity index (χ3n) is 1.20. The fraction of sp³-hybridized carbons (Fsp3) is 0. The van der Waals surface area contributed by atoms with Crippen LogP contribution in [0.4, 0.5) is 5.82 Å². The summed E-state index contributed by atoms with van der Waals surface area (Å²) in [6.45, 7) is 3.22. The second-order valence-corrected chi connectivity index (χ2v) is 1.96. The van der Waals surface area contributed by atoms with E-state index in [1.807, 2.05) is 0 Å². The van der Waals surface area contributed by atoms with E-state index >= 15 is 0 Å². The molecule has 0 atom stereocenters. The summed E-state index contributed by atoms with van der Waals surface area (Å²) in [5.41, 5.74) is -0.00306. The van der Waals surface area contributed by atoms with Crippen LogP contribution in [0, 0.1) is 10.1 Å². The molecule has 0 spiro atoms. The summed E-state index contributed by atoms with van der Waals surface area (Å²) < 4.78 is 0. The number of nitrogens with one attached hydrogen (secondary N) is 1. The highest BCUT2D eigenvalue weighted by atomic mass is 16.6. The number of hydrogen-bond donors (Lipinski definition) is 1. The largest absolute Gasteiger partial charge is 0.358 e. The fourth-order valence-corrected chi connectivity index (χ4v) is 0.636. The van der Waals surface area contributed by atoms with Crippen LogP contribution in [0.1, 0.15) is 10.5 Å². The highest BCUT2D eigenvalue weighted by Gasteiger charge is 2.13. The Morgan fingerprint density at radius 1 is 1.83 bits per heavy atom. The first kappa shape index (κ1) is 8.12. The predicted octanol–water partition coefficient (Wildman–Crippen LogP) is 0.687. The Labute approximate surface area is 67.0 Å². The van der Waals surface area contributed by atoms with Crippen molar-refractivity contribution >= 4 is 11.6 Å². The number of aromatic amines is 1. The molecule has 1 N–H and O–H groups in total. The Bertz CT molecular complexity index is 342. The number of ketones is 1. The van der Waals surface area contributed by atoms with Crippen molar-refractivity contribution < 1.29 is 9.72 Å². The summed E-state index contributed by atoms with van der Waals surface area (Å²) in [7, 11) is 0. The van der Waals surface area contributed by atoms with Crippen molar-refractivity contribution in [3.8, 4) is 0 Å². The van der Waals surface area contributed by atoms with Crippen LogP contribution in [0.25, 0.3) is 0 Å². The molecule has 1 aromatic rings. The summed E-state index contributed by atoms with van der Waals surface area (Å²) in [5.74, 6) is -0.750. The summed E-state index contributed by atoms with van der Waals surface area (Å²) >= 11 is 0. The standard InChI is InChI=1S/C6H5N3O3/c1-2-5(10)4-3-6(8-7-4)9(11)12/h2-3H,1H2,(H,7,8). The second-order valence-electron chi connectivity index (χ2n) is 1.96. The quantitative estimate of drug-likeness (QED) is 0.310. The molecular weight excluding hydrogens is 162 g/mol. The van der Waals surface area contributed by atoms with Crippen molar-refractivity contribution in [1.29, 1.82) is 0 Å². The number of nitro groups is 1. The zero-order valence-electron chi connectivity index (χ0n) is 5.98. The molecule has 6 nitrogen and oxygen atoms in total. The average Bonchev–Trinajstić information content (AvgIpc) is 2.51. The molecule has 0 amide bonds. The van der Waals surface area contributed by atoms with Gasteiger partial charge in [0, 0.05) is 0 Å². The van der Waals surface area contributed by atoms with Crippen molar-refractivity contribution in [2.24, 2.45) is 0 Å². The first-order valence-electron chi connectivity index (χ1n) is 3.01. The lowest BCUT2D eigenvalue weighted by atomic mass is 10.3.